The Bertz CT molecular complexity index is 886. The highest BCUT2D eigenvalue weighted by Crippen LogP contribution is 2.23. The molecule has 0 aliphatic rings. The molecule has 126 valence electrons. The number of methoxy groups -OCH3 is 1. The highest BCUT2D eigenvalue weighted by Gasteiger charge is 2.07. The maximum absolute atomic E-state index is 8.91. The largest absolute Gasteiger partial charge is 0.497 e. The number of hydrogen-bond donors (Lipinski definition) is 0. The van der Waals surface area contributed by atoms with Crippen LogP contribution in [0.1, 0.15) is 5.56 Å². The molecule has 0 aliphatic heterocycles. The quantitative estimate of drug-likeness (QED) is 0.477. The van der Waals surface area contributed by atoms with E-state index in [-0.39, 0.29) is 0 Å². The lowest BCUT2D eigenvalue weighted by molar-refractivity contribution is 0.344. The summed E-state index contributed by atoms with van der Waals surface area (Å²) in [6.07, 6.45) is 3.70. The van der Waals surface area contributed by atoms with Crippen molar-refractivity contribution in [1.82, 2.24) is 9.55 Å². The van der Waals surface area contributed by atoms with Gasteiger partial charge in [0.1, 0.15) is 11.5 Å². The second-order valence-electron chi connectivity index (χ2n) is 5.12. The van der Waals surface area contributed by atoms with Crippen molar-refractivity contribution in [2.75, 3.05) is 19.5 Å². The van der Waals surface area contributed by atoms with Crippen LogP contribution in [-0.4, -0.2) is 29.0 Å². The van der Waals surface area contributed by atoms with Gasteiger partial charge in [0.15, 0.2) is 5.16 Å². The molecule has 0 aliphatic carbocycles. The van der Waals surface area contributed by atoms with Gasteiger partial charge in [0, 0.05) is 24.2 Å². The molecule has 0 amide bonds. The van der Waals surface area contributed by atoms with Crippen molar-refractivity contribution in [2.24, 2.45) is 0 Å². The van der Waals surface area contributed by atoms with Gasteiger partial charge in [-0.1, -0.05) is 23.9 Å². The fourth-order valence-electron chi connectivity index (χ4n) is 2.30. The van der Waals surface area contributed by atoms with Gasteiger partial charge in [0.2, 0.25) is 0 Å². The molecular formula is C19H17N3O2S. The lowest BCUT2D eigenvalue weighted by Gasteiger charge is -2.09. The van der Waals surface area contributed by atoms with E-state index >= 15 is 0 Å². The first-order chi connectivity index (χ1) is 12.3. The average molecular weight is 351 g/mol. The van der Waals surface area contributed by atoms with E-state index in [1.807, 2.05) is 47.2 Å². The molecule has 0 unspecified atom stereocenters. The molecule has 3 rings (SSSR count). The molecule has 25 heavy (non-hydrogen) atoms. The van der Waals surface area contributed by atoms with Crippen molar-refractivity contribution >= 4 is 11.8 Å². The average Bonchev–Trinajstić information content (AvgIpc) is 3.14. The van der Waals surface area contributed by atoms with Crippen molar-refractivity contribution < 1.29 is 9.47 Å². The first kappa shape index (κ1) is 16.9. The summed E-state index contributed by atoms with van der Waals surface area (Å²) in [4.78, 5) is 4.41. The molecule has 6 heteroatoms. The van der Waals surface area contributed by atoms with Crippen LogP contribution in [0.4, 0.5) is 0 Å². The predicted octanol–water partition coefficient (Wildman–Crippen LogP) is 3.92. The topological polar surface area (TPSA) is 60.1 Å². The van der Waals surface area contributed by atoms with E-state index in [1.54, 1.807) is 37.2 Å². The van der Waals surface area contributed by atoms with Gasteiger partial charge in [-0.25, -0.2) is 4.98 Å². The summed E-state index contributed by atoms with van der Waals surface area (Å²) in [5.41, 5.74) is 1.60. The number of thioether (sulfide) groups is 1. The molecule has 0 N–H and O–H groups in total. The molecule has 1 heterocycles. The standard InChI is InChI=1S/C19H17N3O2S/c1-23-17-6-3-5-16(13-17)22-9-8-21-19(22)25-11-10-24-18-7-2-4-15(12-18)14-20/h2-9,12-13H,10-11H2,1H3. The summed E-state index contributed by atoms with van der Waals surface area (Å²) in [7, 11) is 1.65. The Morgan fingerprint density at radius 1 is 1.16 bits per heavy atom. The normalized spacial score (nSPS) is 10.2. The number of rotatable bonds is 7. The van der Waals surface area contributed by atoms with E-state index in [9.17, 15) is 0 Å². The van der Waals surface area contributed by atoms with E-state index in [1.165, 1.54) is 0 Å². The predicted molar refractivity (Wildman–Crippen MR) is 97.5 cm³/mol. The lowest BCUT2D eigenvalue weighted by Crippen LogP contribution is -2.02. The Hall–Kier alpha value is -2.91. The molecule has 3 aromatic rings. The van der Waals surface area contributed by atoms with E-state index in [4.69, 9.17) is 14.7 Å². The van der Waals surface area contributed by atoms with Crippen LogP contribution in [0, 0.1) is 11.3 Å². The third-order valence-corrected chi connectivity index (χ3v) is 4.42. The first-order valence-corrected chi connectivity index (χ1v) is 8.72. The molecule has 0 bridgehead atoms. The van der Waals surface area contributed by atoms with E-state index in [0.717, 1.165) is 22.3 Å². The summed E-state index contributed by atoms with van der Waals surface area (Å²) in [5.74, 6) is 2.26. The Balaban J connectivity index is 1.59. The lowest BCUT2D eigenvalue weighted by atomic mass is 10.2. The van der Waals surface area contributed by atoms with Gasteiger partial charge in [0.05, 0.1) is 31.0 Å². The zero-order valence-electron chi connectivity index (χ0n) is 13.8. The van der Waals surface area contributed by atoms with Crippen LogP contribution in [0.5, 0.6) is 11.5 Å². The molecule has 0 saturated heterocycles. The Morgan fingerprint density at radius 2 is 2.00 bits per heavy atom. The van der Waals surface area contributed by atoms with Gasteiger partial charge < -0.3 is 9.47 Å². The summed E-state index contributed by atoms with van der Waals surface area (Å²) in [6.45, 7) is 0.532. The summed E-state index contributed by atoms with van der Waals surface area (Å²) >= 11 is 1.61. The Labute approximate surface area is 150 Å². The third kappa shape index (κ3) is 4.34. The van der Waals surface area contributed by atoms with Crippen molar-refractivity contribution in [3.63, 3.8) is 0 Å². The number of nitrogens with zero attached hydrogens (tertiary/aromatic N) is 3. The number of imidazole rings is 1. The zero-order valence-corrected chi connectivity index (χ0v) is 14.6. The molecule has 0 atom stereocenters. The van der Waals surface area contributed by atoms with Crippen molar-refractivity contribution in [2.45, 2.75) is 5.16 Å². The fourth-order valence-corrected chi connectivity index (χ4v) is 3.09. The molecule has 0 fully saturated rings. The second kappa shape index (κ2) is 8.27. The van der Waals surface area contributed by atoms with E-state index < -0.39 is 0 Å². The number of nitriles is 1. The van der Waals surface area contributed by atoms with Crippen molar-refractivity contribution in [3.8, 4) is 23.3 Å². The number of hydrogen-bond acceptors (Lipinski definition) is 5. The van der Waals surface area contributed by atoms with E-state index in [2.05, 4.69) is 11.1 Å². The van der Waals surface area contributed by atoms with Crippen LogP contribution in [0.15, 0.2) is 66.1 Å². The Morgan fingerprint density at radius 3 is 2.84 bits per heavy atom. The minimum absolute atomic E-state index is 0.532. The van der Waals surface area contributed by atoms with Gasteiger partial charge in [-0.2, -0.15) is 5.26 Å². The monoisotopic (exact) mass is 351 g/mol. The van der Waals surface area contributed by atoms with Crippen molar-refractivity contribution in [1.29, 1.82) is 5.26 Å². The second-order valence-corrected chi connectivity index (χ2v) is 6.18. The first-order valence-electron chi connectivity index (χ1n) is 7.73. The zero-order chi connectivity index (χ0) is 17.5. The third-order valence-electron chi connectivity index (χ3n) is 3.48. The van der Waals surface area contributed by atoms with Crippen LogP contribution in [0.25, 0.3) is 5.69 Å². The highest BCUT2D eigenvalue weighted by molar-refractivity contribution is 7.99. The Kier molecular flexibility index (Phi) is 5.60. The molecule has 0 saturated carbocycles. The number of aromatic nitrogens is 2. The maximum atomic E-state index is 8.91. The maximum Gasteiger partial charge on any atom is 0.172 e. The van der Waals surface area contributed by atoms with Gasteiger partial charge in [-0.05, 0) is 30.3 Å². The summed E-state index contributed by atoms with van der Waals surface area (Å²) in [6, 6.07) is 17.1. The fraction of sp³-hybridized carbons (Fsp3) is 0.158. The molecule has 0 radical (unpaired) electrons. The summed E-state index contributed by atoms with van der Waals surface area (Å²) in [5, 5.41) is 9.80. The molecule has 5 nitrogen and oxygen atoms in total. The van der Waals surface area contributed by atoms with Crippen LogP contribution < -0.4 is 9.47 Å². The molecular weight excluding hydrogens is 334 g/mol. The van der Waals surface area contributed by atoms with Gasteiger partial charge >= 0.3 is 0 Å². The molecule has 2 aromatic carbocycles. The smallest absolute Gasteiger partial charge is 0.172 e. The highest BCUT2D eigenvalue weighted by atomic mass is 32.2. The summed E-state index contributed by atoms with van der Waals surface area (Å²) < 4.78 is 13.0. The molecule has 1 aromatic heterocycles. The van der Waals surface area contributed by atoms with Crippen LogP contribution in [-0.2, 0) is 0 Å². The van der Waals surface area contributed by atoms with Crippen LogP contribution in [0.2, 0.25) is 0 Å². The minimum Gasteiger partial charge on any atom is -0.497 e. The number of benzene rings is 2. The minimum atomic E-state index is 0.532. The SMILES string of the molecule is COc1cccc(-n2ccnc2SCCOc2cccc(C#N)c2)c1. The molecule has 0 spiro atoms. The van der Waals surface area contributed by atoms with E-state index in [0.29, 0.717) is 17.9 Å². The number of ether oxygens (including phenoxy) is 2. The van der Waals surface area contributed by atoms with Gasteiger partial charge in [0.25, 0.3) is 0 Å². The van der Waals surface area contributed by atoms with Crippen molar-refractivity contribution in [3.05, 3.63) is 66.5 Å². The van der Waals surface area contributed by atoms with Crippen LogP contribution in [0.3, 0.4) is 0 Å². The van der Waals surface area contributed by atoms with Crippen LogP contribution >= 0.6 is 11.8 Å². The van der Waals surface area contributed by atoms with Gasteiger partial charge in [-0.3, -0.25) is 4.57 Å². The van der Waals surface area contributed by atoms with Gasteiger partial charge in [-0.15, -0.1) is 0 Å².